The molecule has 5 heteroatoms. The van der Waals surface area contributed by atoms with Gasteiger partial charge in [0.15, 0.2) is 0 Å². The van der Waals surface area contributed by atoms with E-state index in [9.17, 15) is 4.79 Å². The molecule has 1 rings (SSSR count). The first kappa shape index (κ1) is 8.74. The Bertz CT molecular complexity index is 323. The predicted octanol–water partition coefficient (Wildman–Crippen LogP) is 1.75. The summed E-state index contributed by atoms with van der Waals surface area (Å²) in [7, 11) is 0. The zero-order chi connectivity index (χ0) is 8.43. The molecule has 0 fully saturated rings. The van der Waals surface area contributed by atoms with Crippen molar-refractivity contribution >= 4 is 27.5 Å². The Morgan fingerprint density at radius 3 is 2.91 bits per heavy atom. The van der Waals surface area contributed by atoms with Gasteiger partial charge in [0.2, 0.25) is 0 Å². The largest absolute Gasteiger partial charge is 0.346 e. The Morgan fingerprint density at radius 1 is 1.73 bits per heavy atom. The van der Waals surface area contributed by atoms with E-state index in [4.69, 9.17) is 11.6 Å². The molecule has 0 aromatic carbocycles. The fourth-order valence-corrected chi connectivity index (χ4v) is 1.34. The Kier molecular flexibility index (Phi) is 2.67. The van der Waals surface area contributed by atoms with Gasteiger partial charge in [0.05, 0.1) is 5.02 Å². The van der Waals surface area contributed by atoms with Crippen LogP contribution in [0.5, 0.6) is 0 Å². The normalized spacial score (nSPS) is 10.1. The highest BCUT2D eigenvalue weighted by molar-refractivity contribution is 9.10. The van der Waals surface area contributed by atoms with Gasteiger partial charge in [-0.1, -0.05) is 18.5 Å². The summed E-state index contributed by atoms with van der Waals surface area (Å²) in [6.45, 7) is 1.91. The first-order valence-electron chi connectivity index (χ1n) is 3.09. The third kappa shape index (κ3) is 1.81. The molecule has 3 nitrogen and oxygen atoms in total. The number of rotatable bonds is 1. The van der Waals surface area contributed by atoms with Crippen LogP contribution in [0.25, 0.3) is 0 Å². The summed E-state index contributed by atoms with van der Waals surface area (Å²) in [6, 6.07) is 0. The molecular weight excluding hydrogens is 231 g/mol. The van der Waals surface area contributed by atoms with Crippen LogP contribution in [0.3, 0.4) is 0 Å². The van der Waals surface area contributed by atoms with Crippen LogP contribution in [0.1, 0.15) is 12.6 Å². The molecule has 0 bridgehead atoms. The van der Waals surface area contributed by atoms with Gasteiger partial charge in [-0.15, -0.1) is 0 Å². The quantitative estimate of drug-likeness (QED) is 0.756. The lowest BCUT2D eigenvalue weighted by molar-refractivity contribution is 0.944. The zero-order valence-electron chi connectivity index (χ0n) is 5.82. The molecule has 0 amide bonds. The molecule has 0 radical (unpaired) electrons. The Balaban J connectivity index is 3.36. The van der Waals surface area contributed by atoms with Crippen molar-refractivity contribution in [2.24, 2.45) is 0 Å². The van der Waals surface area contributed by atoms with Crippen LogP contribution in [0.2, 0.25) is 5.02 Å². The van der Waals surface area contributed by atoms with E-state index in [1.807, 2.05) is 6.92 Å². The number of aromatic nitrogens is 2. The molecule has 11 heavy (non-hydrogen) atoms. The minimum absolute atomic E-state index is 0.377. The summed E-state index contributed by atoms with van der Waals surface area (Å²) in [5, 5.41) is 0.479. The van der Waals surface area contributed by atoms with E-state index in [0.717, 1.165) is 0 Å². The molecule has 60 valence electrons. The number of hydrogen-bond donors (Lipinski definition) is 1. The lowest BCUT2D eigenvalue weighted by Crippen LogP contribution is -2.13. The fourth-order valence-electron chi connectivity index (χ4n) is 0.718. The molecular formula is C6H6BrClN2O. The van der Waals surface area contributed by atoms with Gasteiger partial charge >= 0.3 is 5.69 Å². The number of H-pyrrole nitrogens is 1. The van der Waals surface area contributed by atoms with Gasteiger partial charge < -0.3 is 4.98 Å². The second-order valence-corrected chi connectivity index (χ2v) is 3.11. The van der Waals surface area contributed by atoms with E-state index < -0.39 is 0 Å². The van der Waals surface area contributed by atoms with E-state index >= 15 is 0 Å². The van der Waals surface area contributed by atoms with Crippen molar-refractivity contribution in [2.45, 2.75) is 13.3 Å². The Hall–Kier alpha value is -0.350. The van der Waals surface area contributed by atoms with Gasteiger partial charge in [0.1, 0.15) is 4.60 Å². The molecule has 0 aliphatic rings. The zero-order valence-corrected chi connectivity index (χ0v) is 8.16. The number of halogens is 2. The smallest absolute Gasteiger partial charge is 0.308 e. The summed E-state index contributed by atoms with van der Waals surface area (Å²) in [4.78, 5) is 16.9. The van der Waals surface area contributed by atoms with Crippen LogP contribution < -0.4 is 5.69 Å². The van der Waals surface area contributed by atoms with Crippen LogP contribution in [-0.2, 0) is 6.42 Å². The molecule has 0 aliphatic heterocycles. The summed E-state index contributed by atoms with van der Waals surface area (Å²) in [5.74, 6) is 0. The molecule has 0 unspecified atom stereocenters. The van der Waals surface area contributed by atoms with E-state index in [2.05, 4.69) is 25.9 Å². The van der Waals surface area contributed by atoms with Crippen LogP contribution in [0.4, 0.5) is 0 Å². The van der Waals surface area contributed by atoms with Crippen molar-refractivity contribution in [3.05, 3.63) is 25.8 Å². The maximum atomic E-state index is 10.8. The molecule has 0 aliphatic carbocycles. The monoisotopic (exact) mass is 236 g/mol. The van der Waals surface area contributed by atoms with Crippen molar-refractivity contribution in [2.75, 3.05) is 0 Å². The highest BCUT2D eigenvalue weighted by Crippen LogP contribution is 2.20. The SMILES string of the molecule is CCc1[nH]c(=O)nc(Br)c1Cl. The van der Waals surface area contributed by atoms with Crippen LogP contribution in [0.15, 0.2) is 9.40 Å². The summed E-state index contributed by atoms with van der Waals surface area (Å²) in [6.07, 6.45) is 0.690. The summed E-state index contributed by atoms with van der Waals surface area (Å²) in [5.41, 5.74) is 0.330. The van der Waals surface area contributed by atoms with Gasteiger partial charge in [0, 0.05) is 5.69 Å². The maximum absolute atomic E-state index is 10.8. The molecule has 0 saturated carbocycles. The van der Waals surface area contributed by atoms with Gasteiger partial charge in [-0.05, 0) is 22.4 Å². The van der Waals surface area contributed by atoms with Gasteiger partial charge in [-0.3, -0.25) is 0 Å². The number of hydrogen-bond acceptors (Lipinski definition) is 2. The average Bonchev–Trinajstić information content (AvgIpc) is 1.96. The number of nitrogens with one attached hydrogen (secondary N) is 1. The second kappa shape index (κ2) is 3.36. The Labute approximate surface area is 76.9 Å². The van der Waals surface area contributed by atoms with E-state index in [1.165, 1.54) is 0 Å². The average molecular weight is 237 g/mol. The van der Waals surface area contributed by atoms with Gasteiger partial charge in [0.25, 0.3) is 0 Å². The maximum Gasteiger partial charge on any atom is 0.346 e. The lowest BCUT2D eigenvalue weighted by atomic mass is 10.3. The molecule has 0 atom stereocenters. The number of nitrogens with zero attached hydrogens (tertiary/aromatic N) is 1. The first-order chi connectivity index (χ1) is 5.15. The standard InChI is InChI=1S/C6H6BrClN2O/c1-2-3-4(8)5(7)10-6(11)9-3/h2H2,1H3,(H,9,10,11). The van der Waals surface area contributed by atoms with Crippen molar-refractivity contribution in [3.63, 3.8) is 0 Å². The van der Waals surface area contributed by atoms with Gasteiger partial charge in [-0.25, -0.2) is 4.79 Å². The van der Waals surface area contributed by atoms with E-state index in [-0.39, 0.29) is 5.69 Å². The highest BCUT2D eigenvalue weighted by Gasteiger charge is 2.04. The van der Waals surface area contributed by atoms with Crippen molar-refractivity contribution in [1.29, 1.82) is 0 Å². The minimum atomic E-state index is -0.377. The summed E-state index contributed by atoms with van der Waals surface area (Å²) >= 11 is 8.86. The fraction of sp³-hybridized carbons (Fsp3) is 0.333. The van der Waals surface area contributed by atoms with Crippen molar-refractivity contribution in [1.82, 2.24) is 9.97 Å². The molecule has 0 spiro atoms. The topological polar surface area (TPSA) is 45.8 Å². The highest BCUT2D eigenvalue weighted by atomic mass is 79.9. The third-order valence-electron chi connectivity index (χ3n) is 1.26. The van der Waals surface area contributed by atoms with Crippen LogP contribution >= 0.6 is 27.5 Å². The van der Waals surface area contributed by atoms with E-state index in [1.54, 1.807) is 0 Å². The van der Waals surface area contributed by atoms with Crippen molar-refractivity contribution in [3.8, 4) is 0 Å². The van der Waals surface area contributed by atoms with E-state index in [0.29, 0.717) is 21.7 Å². The molecule has 1 heterocycles. The predicted molar refractivity (Wildman–Crippen MR) is 46.9 cm³/mol. The molecule has 1 aromatic rings. The summed E-state index contributed by atoms with van der Waals surface area (Å²) < 4.78 is 0.403. The number of aryl methyl sites for hydroxylation is 1. The Morgan fingerprint density at radius 2 is 2.36 bits per heavy atom. The van der Waals surface area contributed by atoms with Gasteiger partial charge in [-0.2, -0.15) is 4.98 Å². The lowest BCUT2D eigenvalue weighted by Gasteiger charge is -1.99. The molecule has 1 N–H and O–H groups in total. The first-order valence-corrected chi connectivity index (χ1v) is 4.26. The molecule has 0 saturated heterocycles. The van der Waals surface area contributed by atoms with Crippen molar-refractivity contribution < 1.29 is 0 Å². The number of aromatic amines is 1. The van der Waals surface area contributed by atoms with Crippen LogP contribution in [0, 0.1) is 0 Å². The second-order valence-electron chi connectivity index (χ2n) is 1.98. The third-order valence-corrected chi connectivity index (χ3v) is 2.47. The molecule has 1 aromatic heterocycles. The minimum Gasteiger partial charge on any atom is -0.308 e. The van der Waals surface area contributed by atoms with Crippen LogP contribution in [-0.4, -0.2) is 9.97 Å².